The molecule has 2 atom stereocenters. The number of hydrogen-bond donors (Lipinski definition) is 2. The number of nitrogens with one attached hydrogen (secondary N) is 1. The summed E-state index contributed by atoms with van der Waals surface area (Å²) >= 11 is 0. The summed E-state index contributed by atoms with van der Waals surface area (Å²) in [7, 11) is 0. The molecule has 2 N–H and O–H groups in total. The van der Waals surface area contributed by atoms with Crippen LogP contribution in [0.5, 0.6) is 0 Å². The molecule has 2 aromatic carbocycles. The highest BCUT2D eigenvalue weighted by Gasteiger charge is 2.31. The van der Waals surface area contributed by atoms with Crippen LogP contribution in [0.2, 0.25) is 0 Å². The Bertz CT molecular complexity index is 880. The van der Waals surface area contributed by atoms with Gasteiger partial charge < -0.3 is 15.3 Å². The molecule has 0 saturated carbocycles. The zero-order chi connectivity index (χ0) is 20.1. The number of carboxylic acid groups (broad SMARTS) is 1. The topological polar surface area (TPSA) is 86.7 Å². The Balaban J connectivity index is 1.73. The van der Waals surface area contributed by atoms with Crippen molar-refractivity contribution in [1.82, 2.24) is 10.2 Å². The zero-order valence-electron chi connectivity index (χ0n) is 16.1. The molecular weight excluding hydrogens is 356 g/mol. The SMILES string of the molecule is CCCC(=O)N1CCCC(C(=O)NC(C(=O)O)c2ccc3ccccc3c2)C1. The summed E-state index contributed by atoms with van der Waals surface area (Å²) in [5, 5.41) is 14.3. The normalized spacial score (nSPS) is 17.9. The van der Waals surface area contributed by atoms with Crippen LogP contribution in [-0.4, -0.2) is 40.9 Å². The summed E-state index contributed by atoms with van der Waals surface area (Å²) in [6, 6.07) is 12.0. The van der Waals surface area contributed by atoms with Gasteiger partial charge in [0.2, 0.25) is 11.8 Å². The van der Waals surface area contributed by atoms with Gasteiger partial charge in [0.1, 0.15) is 0 Å². The first-order valence-electron chi connectivity index (χ1n) is 9.79. The minimum Gasteiger partial charge on any atom is -0.479 e. The van der Waals surface area contributed by atoms with E-state index in [0.29, 0.717) is 31.5 Å². The van der Waals surface area contributed by atoms with Crippen LogP contribution in [0.15, 0.2) is 42.5 Å². The van der Waals surface area contributed by atoms with Crippen LogP contribution in [0.3, 0.4) is 0 Å². The lowest BCUT2D eigenvalue weighted by atomic mass is 9.95. The Morgan fingerprint density at radius 1 is 1.18 bits per heavy atom. The largest absolute Gasteiger partial charge is 0.479 e. The van der Waals surface area contributed by atoms with Gasteiger partial charge in [-0.2, -0.15) is 0 Å². The van der Waals surface area contributed by atoms with E-state index in [1.54, 1.807) is 17.0 Å². The fraction of sp³-hybridized carbons (Fsp3) is 0.409. The maximum Gasteiger partial charge on any atom is 0.330 e. The number of rotatable bonds is 6. The lowest BCUT2D eigenvalue weighted by Gasteiger charge is -2.32. The second-order valence-electron chi connectivity index (χ2n) is 7.32. The standard InChI is InChI=1S/C22H26N2O4/c1-2-6-19(25)24-12-5-9-18(14-24)21(26)23-20(22(27)28)17-11-10-15-7-3-4-8-16(15)13-17/h3-4,7-8,10-11,13,18,20H,2,5-6,9,12,14H2,1H3,(H,23,26)(H,27,28). The molecule has 0 aromatic heterocycles. The van der Waals surface area contributed by atoms with Crippen molar-refractivity contribution in [3.8, 4) is 0 Å². The van der Waals surface area contributed by atoms with Crippen LogP contribution < -0.4 is 5.32 Å². The van der Waals surface area contributed by atoms with Gasteiger partial charge in [-0.25, -0.2) is 4.79 Å². The molecule has 3 rings (SSSR count). The number of hydrogen-bond acceptors (Lipinski definition) is 3. The molecule has 1 heterocycles. The molecule has 0 radical (unpaired) electrons. The first-order valence-corrected chi connectivity index (χ1v) is 9.79. The van der Waals surface area contributed by atoms with Gasteiger partial charge in [-0.05, 0) is 41.7 Å². The number of nitrogens with zero attached hydrogens (tertiary/aromatic N) is 1. The van der Waals surface area contributed by atoms with Gasteiger partial charge in [0, 0.05) is 19.5 Å². The van der Waals surface area contributed by atoms with Crippen LogP contribution in [0.4, 0.5) is 0 Å². The van der Waals surface area contributed by atoms with Gasteiger partial charge >= 0.3 is 5.97 Å². The Hall–Kier alpha value is -2.89. The molecule has 148 valence electrons. The molecule has 28 heavy (non-hydrogen) atoms. The molecule has 0 aliphatic carbocycles. The minimum absolute atomic E-state index is 0.0595. The third-order valence-corrected chi connectivity index (χ3v) is 5.25. The summed E-state index contributed by atoms with van der Waals surface area (Å²) < 4.78 is 0. The molecular formula is C22H26N2O4. The fourth-order valence-corrected chi connectivity index (χ4v) is 3.72. The molecule has 1 aliphatic heterocycles. The summed E-state index contributed by atoms with van der Waals surface area (Å²) in [4.78, 5) is 38.5. The van der Waals surface area contributed by atoms with Crippen molar-refractivity contribution in [1.29, 1.82) is 0 Å². The average Bonchev–Trinajstić information content (AvgIpc) is 2.71. The second-order valence-corrected chi connectivity index (χ2v) is 7.32. The van der Waals surface area contributed by atoms with Gasteiger partial charge in [-0.15, -0.1) is 0 Å². The van der Waals surface area contributed by atoms with E-state index in [1.807, 2.05) is 37.3 Å². The minimum atomic E-state index is -1.11. The predicted molar refractivity (Wildman–Crippen MR) is 107 cm³/mol. The predicted octanol–water partition coefficient (Wildman–Crippen LogP) is 3.12. The highest BCUT2D eigenvalue weighted by Crippen LogP contribution is 2.23. The van der Waals surface area contributed by atoms with Gasteiger partial charge in [0.05, 0.1) is 5.92 Å². The maximum absolute atomic E-state index is 12.8. The van der Waals surface area contributed by atoms with Crippen molar-refractivity contribution < 1.29 is 19.5 Å². The van der Waals surface area contributed by atoms with E-state index in [-0.39, 0.29) is 17.7 Å². The summed E-state index contributed by atoms with van der Waals surface area (Å²) in [6.07, 6.45) is 2.66. The molecule has 0 bridgehead atoms. The third-order valence-electron chi connectivity index (χ3n) is 5.25. The molecule has 1 saturated heterocycles. The van der Waals surface area contributed by atoms with E-state index in [1.165, 1.54) is 0 Å². The summed E-state index contributed by atoms with van der Waals surface area (Å²) in [6.45, 7) is 2.97. The van der Waals surface area contributed by atoms with E-state index < -0.39 is 12.0 Å². The van der Waals surface area contributed by atoms with Gasteiger partial charge in [0.15, 0.2) is 6.04 Å². The molecule has 1 aliphatic rings. The van der Waals surface area contributed by atoms with Crippen molar-refractivity contribution in [3.05, 3.63) is 48.0 Å². The summed E-state index contributed by atoms with van der Waals surface area (Å²) in [5.41, 5.74) is 0.536. The number of fused-ring (bicyclic) bond motifs is 1. The van der Waals surface area contributed by atoms with E-state index in [0.717, 1.165) is 23.6 Å². The van der Waals surface area contributed by atoms with Gasteiger partial charge in [-0.3, -0.25) is 9.59 Å². The van der Waals surface area contributed by atoms with Crippen LogP contribution in [-0.2, 0) is 14.4 Å². The Kier molecular flexibility index (Phi) is 6.29. The van der Waals surface area contributed by atoms with E-state index in [9.17, 15) is 19.5 Å². The smallest absolute Gasteiger partial charge is 0.330 e. The average molecular weight is 382 g/mol. The van der Waals surface area contributed by atoms with Crippen molar-refractivity contribution in [2.75, 3.05) is 13.1 Å². The number of carboxylic acids is 1. The van der Waals surface area contributed by atoms with E-state index in [2.05, 4.69) is 5.32 Å². The molecule has 2 amide bonds. The van der Waals surface area contributed by atoms with Crippen LogP contribution in [0, 0.1) is 5.92 Å². The van der Waals surface area contributed by atoms with E-state index in [4.69, 9.17) is 0 Å². The number of carbonyl (C=O) groups excluding carboxylic acids is 2. The second kappa shape index (κ2) is 8.87. The lowest BCUT2D eigenvalue weighted by molar-refractivity contribution is -0.144. The van der Waals surface area contributed by atoms with Crippen molar-refractivity contribution >= 4 is 28.6 Å². The Labute approximate surface area is 164 Å². The van der Waals surface area contributed by atoms with Crippen molar-refractivity contribution in [2.45, 2.75) is 38.6 Å². The lowest BCUT2D eigenvalue weighted by Crippen LogP contribution is -2.47. The van der Waals surface area contributed by atoms with Crippen LogP contribution in [0.1, 0.15) is 44.2 Å². The number of amides is 2. The number of benzene rings is 2. The number of likely N-dealkylation sites (tertiary alicyclic amines) is 1. The fourth-order valence-electron chi connectivity index (χ4n) is 3.72. The molecule has 2 aromatic rings. The highest BCUT2D eigenvalue weighted by atomic mass is 16.4. The number of piperidine rings is 1. The Morgan fingerprint density at radius 2 is 1.93 bits per heavy atom. The van der Waals surface area contributed by atoms with Crippen LogP contribution in [0.25, 0.3) is 10.8 Å². The van der Waals surface area contributed by atoms with Gasteiger partial charge in [-0.1, -0.05) is 43.3 Å². The van der Waals surface area contributed by atoms with E-state index >= 15 is 0 Å². The number of aliphatic carboxylic acids is 1. The molecule has 6 nitrogen and oxygen atoms in total. The Morgan fingerprint density at radius 3 is 2.64 bits per heavy atom. The molecule has 1 fully saturated rings. The van der Waals surface area contributed by atoms with Crippen molar-refractivity contribution in [3.63, 3.8) is 0 Å². The first kappa shape index (κ1) is 19.9. The van der Waals surface area contributed by atoms with Crippen molar-refractivity contribution in [2.24, 2.45) is 5.92 Å². The molecule has 6 heteroatoms. The zero-order valence-corrected chi connectivity index (χ0v) is 16.1. The molecule has 0 spiro atoms. The first-order chi connectivity index (χ1) is 13.5. The van der Waals surface area contributed by atoms with Gasteiger partial charge in [0.25, 0.3) is 0 Å². The quantitative estimate of drug-likeness (QED) is 0.804. The highest BCUT2D eigenvalue weighted by molar-refractivity contribution is 5.89. The monoisotopic (exact) mass is 382 g/mol. The van der Waals surface area contributed by atoms with Crippen LogP contribution >= 0.6 is 0 Å². The summed E-state index contributed by atoms with van der Waals surface area (Å²) in [5.74, 6) is -1.73. The maximum atomic E-state index is 12.8. The molecule has 2 unspecified atom stereocenters. The number of carbonyl (C=O) groups is 3. The third kappa shape index (κ3) is 4.50.